The maximum Gasteiger partial charge on any atom is 0.243 e. The molecular weight excluding hydrogens is 384 g/mol. The van der Waals surface area contributed by atoms with Crippen LogP contribution in [0.25, 0.3) is 0 Å². The van der Waals surface area contributed by atoms with E-state index in [1.807, 2.05) is 13.8 Å². The predicted molar refractivity (Wildman–Crippen MR) is 113 cm³/mol. The first-order valence-electron chi connectivity index (χ1n) is 9.87. The third kappa shape index (κ3) is 7.58. The Morgan fingerprint density at radius 3 is 1.83 bits per heavy atom. The van der Waals surface area contributed by atoms with Crippen LogP contribution in [-0.2, 0) is 27.2 Å². The van der Waals surface area contributed by atoms with Crippen molar-refractivity contribution in [2.75, 3.05) is 0 Å². The molecule has 2 rings (SSSR count). The van der Waals surface area contributed by atoms with Crippen LogP contribution >= 0.6 is 0 Å². The van der Waals surface area contributed by atoms with Gasteiger partial charge in [0.2, 0.25) is 11.8 Å². The van der Waals surface area contributed by atoms with Crippen molar-refractivity contribution in [3.05, 3.63) is 59.7 Å². The van der Waals surface area contributed by atoms with Gasteiger partial charge in [-0.3, -0.25) is 9.59 Å². The SMILES string of the molecule is CC(C)CC(=O)N[C@@H](Cc1ccc(O)cc1)C(=O)N[C@H](C=O)Cc1ccc(O)cc1. The summed E-state index contributed by atoms with van der Waals surface area (Å²) in [5, 5.41) is 24.3. The van der Waals surface area contributed by atoms with Crippen LogP contribution in [0.4, 0.5) is 0 Å². The number of benzene rings is 2. The quantitative estimate of drug-likeness (QED) is 0.446. The molecule has 7 nitrogen and oxygen atoms in total. The Morgan fingerprint density at radius 1 is 0.867 bits per heavy atom. The van der Waals surface area contributed by atoms with E-state index in [2.05, 4.69) is 10.6 Å². The minimum atomic E-state index is -0.858. The molecule has 2 atom stereocenters. The predicted octanol–water partition coefficient (Wildman–Crippen LogP) is 2.10. The number of carbonyl (C=O) groups excluding carboxylic acids is 3. The molecule has 160 valence electrons. The first-order valence-corrected chi connectivity index (χ1v) is 9.87. The van der Waals surface area contributed by atoms with E-state index in [9.17, 15) is 24.6 Å². The molecule has 0 bridgehead atoms. The van der Waals surface area contributed by atoms with Crippen LogP contribution < -0.4 is 10.6 Å². The fourth-order valence-electron chi connectivity index (χ4n) is 3.00. The Balaban J connectivity index is 2.10. The van der Waals surface area contributed by atoms with Gasteiger partial charge in [0.15, 0.2) is 0 Å². The zero-order valence-corrected chi connectivity index (χ0v) is 17.2. The van der Waals surface area contributed by atoms with Crippen molar-refractivity contribution in [1.82, 2.24) is 10.6 Å². The van der Waals surface area contributed by atoms with Gasteiger partial charge in [-0.2, -0.15) is 0 Å². The van der Waals surface area contributed by atoms with Crippen LogP contribution in [-0.4, -0.2) is 40.4 Å². The van der Waals surface area contributed by atoms with Crippen LogP contribution in [0, 0.1) is 5.92 Å². The molecule has 0 spiro atoms. The van der Waals surface area contributed by atoms with E-state index >= 15 is 0 Å². The maximum atomic E-state index is 12.9. The molecule has 2 aromatic carbocycles. The van der Waals surface area contributed by atoms with E-state index in [0.29, 0.717) is 6.29 Å². The number of nitrogens with one attached hydrogen (secondary N) is 2. The van der Waals surface area contributed by atoms with E-state index in [0.717, 1.165) is 11.1 Å². The van der Waals surface area contributed by atoms with Gasteiger partial charge >= 0.3 is 0 Å². The summed E-state index contributed by atoms with van der Waals surface area (Å²) >= 11 is 0. The van der Waals surface area contributed by atoms with Gasteiger partial charge in [-0.05, 0) is 47.7 Å². The Morgan fingerprint density at radius 2 is 1.37 bits per heavy atom. The van der Waals surface area contributed by atoms with Crippen LogP contribution in [0.5, 0.6) is 11.5 Å². The van der Waals surface area contributed by atoms with Gasteiger partial charge in [0.25, 0.3) is 0 Å². The molecule has 0 aliphatic carbocycles. The summed E-state index contributed by atoms with van der Waals surface area (Å²) in [6, 6.07) is 11.1. The fourth-order valence-corrected chi connectivity index (χ4v) is 3.00. The fraction of sp³-hybridized carbons (Fsp3) is 0.348. The second-order valence-electron chi connectivity index (χ2n) is 7.71. The molecule has 7 heteroatoms. The molecule has 0 unspecified atom stereocenters. The Hall–Kier alpha value is -3.35. The average molecular weight is 412 g/mol. The largest absolute Gasteiger partial charge is 0.508 e. The number of hydrogen-bond acceptors (Lipinski definition) is 5. The lowest BCUT2D eigenvalue weighted by molar-refractivity contribution is -0.130. The van der Waals surface area contributed by atoms with Crippen molar-refractivity contribution in [2.45, 2.75) is 45.2 Å². The number of amides is 2. The summed E-state index contributed by atoms with van der Waals surface area (Å²) in [7, 11) is 0. The number of aromatic hydroxyl groups is 2. The molecule has 0 aliphatic heterocycles. The van der Waals surface area contributed by atoms with Crippen molar-refractivity contribution >= 4 is 18.1 Å². The van der Waals surface area contributed by atoms with Crippen molar-refractivity contribution in [1.29, 1.82) is 0 Å². The Bertz CT molecular complexity index is 847. The van der Waals surface area contributed by atoms with Gasteiger partial charge in [0.05, 0.1) is 6.04 Å². The first kappa shape index (κ1) is 22.9. The molecule has 0 heterocycles. The number of carbonyl (C=O) groups is 3. The molecule has 4 N–H and O–H groups in total. The summed E-state index contributed by atoms with van der Waals surface area (Å²) in [5.74, 6) is -0.341. The van der Waals surface area contributed by atoms with Crippen molar-refractivity contribution < 1.29 is 24.6 Å². The number of phenolic OH excluding ortho intramolecular Hbond substituents is 2. The van der Waals surface area contributed by atoms with Crippen molar-refractivity contribution in [3.63, 3.8) is 0 Å². The van der Waals surface area contributed by atoms with Crippen molar-refractivity contribution in [3.8, 4) is 11.5 Å². The van der Waals surface area contributed by atoms with E-state index in [1.54, 1.807) is 24.3 Å². The highest BCUT2D eigenvalue weighted by Crippen LogP contribution is 2.13. The van der Waals surface area contributed by atoms with Gasteiger partial charge in [-0.25, -0.2) is 0 Å². The third-order valence-corrected chi connectivity index (χ3v) is 4.51. The summed E-state index contributed by atoms with van der Waals surface area (Å²) in [5.41, 5.74) is 1.54. The van der Waals surface area contributed by atoms with Gasteiger partial charge in [-0.1, -0.05) is 38.1 Å². The molecular formula is C23H28N2O5. The second kappa shape index (κ2) is 11.0. The lowest BCUT2D eigenvalue weighted by Gasteiger charge is -2.22. The minimum Gasteiger partial charge on any atom is -0.508 e. The molecule has 0 saturated heterocycles. The van der Waals surface area contributed by atoms with E-state index in [4.69, 9.17) is 0 Å². The monoisotopic (exact) mass is 412 g/mol. The molecule has 0 saturated carbocycles. The van der Waals surface area contributed by atoms with E-state index < -0.39 is 18.0 Å². The van der Waals surface area contributed by atoms with Crippen LogP contribution in [0.3, 0.4) is 0 Å². The highest BCUT2D eigenvalue weighted by Gasteiger charge is 2.24. The Labute approximate surface area is 176 Å². The minimum absolute atomic E-state index is 0.110. The zero-order chi connectivity index (χ0) is 22.1. The first-order chi connectivity index (χ1) is 14.3. The molecule has 2 amide bonds. The normalized spacial score (nSPS) is 12.8. The molecule has 0 aromatic heterocycles. The standard InChI is InChI=1S/C23H28N2O5/c1-15(2)11-22(29)25-21(13-17-5-9-20(28)10-6-17)23(30)24-18(14-26)12-16-3-7-19(27)8-4-16/h3-10,14-15,18,21,27-28H,11-13H2,1-2H3,(H,24,30)(H,25,29)/t18-,21-/m0/s1. The van der Waals surface area contributed by atoms with Gasteiger partial charge in [0.1, 0.15) is 23.8 Å². The van der Waals surface area contributed by atoms with Crippen LogP contribution in [0.15, 0.2) is 48.5 Å². The topological polar surface area (TPSA) is 116 Å². The number of rotatable bonds is 10. The highest BCUT2D eigenvalue weighted by atomic mass is 16.3. The summed E-state index contributed by atoms with van der Waals surface area (Å²) < 4.78 is 0. The van der Waals surface area contributed by atoms with Crippen molar-refractivity contribution in [2.24, 2.45) is 5.92 Å². The zero-order valence-electron chi connectivity index (χ0n) is 17.2. The molecule has 30 heavy (non-hydrogen) atoms. The summed E-state index contributed by atoms with van der Waals surface area (Å²) in [4.78, 5) is 36.7. The molecule has 0 radical (unpaired) electrons. The summed E-state index contributed by atoms with van der Waals surface area (Å²) in [6.07, 6.45) is 1.42. The lowest BCUT2D eigenvalue weighted by Crippen LogP contribution is -2.51. The number of aldehydes is 1. The van der Waals surface area contributed by atoms with E-state index in [-0.39, 0.29) is 42.6 Å². The Kier molecular flexibility index (Phi) is 8.41. The number of hydrogen-bond donors (Lipinski definition) is 4. The third-order valence-electron chi connectivity index (χ3n) is 4.51. The maximum absolute atomic E-state index is 12.9. The summed E-state index contributed by atoms with van der Waals surface area (Å²) in [6.45, 7) is 3.82. The van der Waals surface area contributed by atoms with Gasteiger partial charge < -0.3 is 25.6 Å². The van der Waals surface area contributed by atoms with Crippen LogP contribution in [0.1, 0.15) is 31.4 Å². The smallest absolute Gasteiger partial charge is 0.243 e. The van der Waals surface area contributed by atoms with Crippen LogP contribution in [0.2, 0.25) is 0 Å². The molecule has 0 fully saturated rings. The van der Waals surface area contributed by atoms with E-state index in [1.165, 1.54) is 24.3 Å². The van der Waals surface area contributed by atoms with Gasteiger partial charge in [-0.15, -0.1) is 0 Å². The van der Waals surface area contributed by atoms with Gasteiger partial charge in [0, 0.05) is 12.8 Å². The second-order valence-corrected chi connectivity index (χ2v) is 7.71. The highest BCUT2D eigenvalue weighted by molar-refractivity contribution is 5.89. The molecule has 2 aromatic rings. The average Bonchev–Trinajstić information content (AvgIpc) is 2.69. The molecule has 0 aliphatic rings. The number of phenols is 2. The lowest BCUT2D eigenvalue weighted by atomic mass is 10.0.